The molecule has 1 aromatic carbocycles. The predicted octanol–water partition coefficient (Wildman–Crippen LogP) is 4.15. The van der Waals surface area contributed by atoms with E-state index in [0.717, 1.165) is 10.6 Å². The Bertz CT molecular complexity index is 1000. The Balaban J connectivity index is 1.74. The lowest BCUT2D eigenvalue weighted by Gasteiger charge is -2.00. The van der Waals surface area contributed by atoms with Gasteiger partial charge in [-0.15, -0.1) is 11.3 Å². The van der Waals surface area contributed by atoms with E-state index in [1.807, 2.05) is 47.8 Å². The molecule has 1 N–H and O–H groups in total. The molecule has 25 heavy (non-hydrogen) atoms. The quantitative estimate of drug-likeness (QED) is 0.600. The Morgan fingerprint density at radius 2 is 2.04 bits per heavy atom. The SMILES string of the molecule is Cc1cc(NC(=O)c2cn(-c3ccccc3)nc2-c2cccs2)no1. The highest BCUT2D eigenvalue weighted by Gasteiger charge is 2.20. The molecular formula is C18H14N4O2S. The summed E-state index contributed by atoms with van der Waals surface area (Å²) in [5.41, 5.74) is 2.00. The van der Waals surface area contributed by atoms with Crippen molar-refractivity contribution in [3.05, 3.63) is 71.4 Å². The number of hydrogen-bond acceptors (Lipinski definition) is 5. The molecule has 0 atom stereocenters. The molecule has 7 heteroatoms. The number of carbonyl (C=O) groups excluding carboxylic acids is 1. The number of thiophene rings is 1. The molecule has 0 saturated carbocycles. The number of para-hydroxylation sites is 1. The van der Waals surface area contributed by atoms with Gasteiger partial charge in [-0.05, 0) is 30.5 Å². The van der Waals surface area contributed by atoms with Gasteiger partial charge in [0.1, 0.15) is 11.5 Å². The van der Waals surface area contributed by atoms with E-state index in [9.17, 15) is 4.79 Å². The minimum Gasteiger partial charge on any atom is -0.360 e. The van der Waals surface area contributed by atoms with Gasteiger partial charge in [-0.1, -0.05) is 29.4 Å². The summed E-state index contributed by atoms with van der Waals surface area (Å²) in [7, 11) is 0. The lowest BCUT2D eigenvalue weighted by atomic mass is 10.2. The van der Waals surface area contributed by atoms with Gasteiger partial charge in [0.25, 0.3) is 5.91 Å². The Hall–Kier alpha value is -3.19. The summed E-state index contributed by atoms with van der Waals surface area (Å²) >= 11 is 1.54. The van der Waals surface area contributed by atoms with Gasteiger partial charge in [0.05, 0.1) is 16.1 Å². The fraction of sp³-hybridized carbons (Fsp3) is 0.0556. The van der Waals surface area contributed by atoms with Gasteiger partial charge in [-0.25, -0.2) is 4.68 Å². The van der Waals surface area contributed by atoms with Crippen LogP contribution in [-0.4, -0.2) is 20.8 Å². The van der Waals surface area contributed by atoms with Crippen molar-refractivity contribution < 1.29 is 9.32 Å². The summed E-state index contributed by atoms with van der Waals surface area (Å²) in [4.78, 5) is 13.7. The van der Waals surface area contributed by atoms with Crippen molar-refractivity contribution in [3.63, 3.8) is 0 Å². The summed E-state index contributed by atoms with van der Waals surface area (Å²) in [5, 5.41) is 13.1. The van der Waals surface area contributed by atoms with Crippen molar-refractivity contribution in [3.8, 4) is 16.3 Å². The van der Waals surface area contributed by atoms with Gasteiger partial charge in [0, 0.05) is 12.3 Å². The fourth-order valence-corrected chi connectivity index (χ4v) is 3.18. The minimum absolute atomic E-state index is 0.279. The van der Waals surface area contributed by atoms with E-state index in [0.29, 0.717) is 22.8 Å². The van der Waals surface area contributed by atoms with E-state index in [1.54, 1.807) is 23.9 Å². The van der Waals surface area contributed by atoms with Crippen LogP contribution in [-0.2, 0) is 0 Å². The number of hydrogen-bond donors (Lipinski definition) is 1. The molecule has 0 aliphatic heterocycles. The Labute approximate surface area is 147 Å². The van der Waals surface area contributed by atoms with Crippen LogP contribution in [0.2, 0.25) is 0 Å². The molecule has 0 spiro atoms. The van der Waals surface area contributed by atoms with Gasteiger partial charge in [0.2, 0.25) is 0 Å². The standard InChI is InChI=1S/C18H14N4O2S/c1-12-10-16(21-24-12)19-18(23)14-11-22(13-6-3-2-4-7-13)20-17(14)15-8-5-9-25-15/h2-11H,1H3,(H,19,21,23). The highest BCUT2D eigenvalue weighted by molar-refractivity contribution is 7.13. The normalized spacial score (nSPS) is 10.8. The molecule has 0 saturated heterocycles. The maximum absolute atomic E-state index is 12.7. The molecule has 0 aliphatic carbocycles. The predicted molar refractivity (Wildman–Crippen MR) is 96.1 cm³/mol. The van der Waals surface area contributed by atoms with Gasteiger partial charge < -0.3 is 9.84 Å². The van der Waals surface area contributed by atoms with E-state index >= 15 is 0 Å². The number of amides is 1. The van der Waals surface area contributed by atoms with Gasteiger partial charge >= 0.3 is 0 Å². The van der Waals surface area contributed by atoms with Crippen LogP contribution < -0.4 is 5.32 Å². The third kappa shape index (κ3) is 3.09. The smallest absolute Gasteiger partial charge is 0.260 e. The first kappa shape index (κ1) is 15.3. The topological polar surface area (TPSA) is 73.0 Å². The third-order valence-corrected chi connectivity index (χ3v) is 4.48. The number of anilines is 1. The molecule has 4 rings (SSSR count). The van der Waals surface area contributed by atoms with E-state index < -0.39 is 0 Å². The second-order valence-electron chi connectivity index (χ2n) is 5.43. The number of nitrogens with zero attached hydrogens (tertiary/aromatic N) is 3. The highest BCUT2D eigenvalue weighted by atomic mass is 32.1. The van der Waals surface area contributed by atoms with Crippen LogP contribution >= 0.6 is 11.3 Å². The molecule has 1 amide bonds. The van der Waals surface area contributed by atoms with Crippen LogP contribution in [0.15, 0.2) is 64.6 Å². The molecule has 6 nitrogen and oxygen atoms in total. The van der Waals surface area contributed by atoms with E-state index in [-0.39, 0.29) is 5.91 Å². The minimum atomic E-state index is -0.279. The van der Waals surface area contributed by atoms with E-state index in [4.69, 9.17) is 4.52 Å². The number of aryl methyl sites for hydroxylation is 1. The monoisotopic (exact) mass is 350 g/mol. The maximum atomic E-state index is 12.7. The van der Waals surface area contributed by atoms with Gasteiger partial charge in [0.15, 0.2) is 5.82 Å². The number of rotatable bonds is 4. The summed E-state index contributed by atoms with van der Waals surface area (Å²) in [6.07, 6.45) is 1.73. The number of benzene rings is 1. The first-order valence-corrected chi connectivity index (χ1v) is 8.52. The average Bonchev–Trinajstić information content (AvgIpc) is 3.35. The molecule has 3 aromatic heterocycles. The first-order valence-electron chi connectivity index (χ1n) is 7.64. The molecule has 124 valence electrons. The Kier molecular flexibility index (Phi) is 3.91. The molecule has 3 heterocycles. The number of aromatic nitrogens is 3. The summed E-state index contributed by atoms with van der Waals surface area (Å²) < 4.78 is 6.70. The fourth-order valence-electron chi connectivity index (χ4n) is 2.46. The van der Waals surface area contributed by atoms with Crippen LogP contribution in [0.5, 0.6) is 0 Å². The molecule has 0 bridgehead atoms. The van der Waals surface area contributed by atoms with Crippen molar-refractivity contribution >= 4 is 23.1 Å². The summed E-state index contributed by atoms with van der Waals surface area (Å²) in [6, 6.07) is 15.2. The van der Waals surface area contributed by atoms with Crippen molar-refractivity contribution in [1.29, 1.82) is 0 Å². The van der Waals surface area contributed by atoms with E-state index in [1.165, 1.54) is 11.3 Å². The second kappa shape index (κ2) is 6.37. The van der Waals surface area contributed by atoms with Crippen LogP contribution in [0.4, 0.5) is 5.82 Å². The summed E-state index contributed by atoms with van der Waals surface area (Å²) in [5.74, 6) is 0.736. The molecule has 0 fully saturated rings. The lowest BCUT2D eigenvalue weighted by Crippen LogP contribution is -2.12. The highest BCUT2D eigenvalue weighted by Crippen LogP contribution is 2.28. The van der Waals surface area contributed by atoms with Crippen LogP contribution in [0, 0.1) is 6.92 Å². The average molecular weight is 350 g/mol. The zero-order chi connectivity index (χ0) is 17.2. The molecule has 0 unspecified atom stereocenters. The largest absolute Gasteiger partial charge is 0.360 e. The van der Waals surface area contributed by atoms with Crippen LogP contribution in [0.1, 0.15) is 16.1 Å². The van der Waals surface area contributed by atoms with Crippen molar-refractivity contribution in [1.82, 2.24) is 14.9 Å². The lowest BCUT2D eigenvalue weighted by molar-refractivity contribution is 0.102. The molecule has 4 aromatic rings. The maximum Gasteiger partial charge on any atom is 0.260 e. The molecular weight excluding hydrogens is 336 g/mol. The third-order valence-electron chi connectivity index (χ3n) is 3.60. The van der Waals surface area contributed by atoms with Crippen molar-refractivity contribution in [2.24, 2.45) is 0 Å². The van der Waals surface area contributed by atoms with Gasteiger partial charge in [-0.3, -0.25) is 4.79 Å². The van der Waals surface area contributed by atoms with Crippen molar-refractivity contribution in [2.45, 2.75) is 6.92 Å². The first-order chi connectivity index (χ1) is 12.2. The zero-order valence-corrected chi connectivity index (χ0v) is 14.2. The van der Waals surface area contributed by atoms with Gasteiger partial charge in [-0.2, -0.15) is 5.10 Å². The number of nitrogens with one attached hydrogen (secondary N) is 1. The van der Waals surface area contributed by atoms with Crippen LogP contribution in [0.25, 0.3) is 16.3 Å². The molecule has 0 aliphatic rings. The van der Waals surface area contributed by atoms with E-state index in [2.05, 4.69) is 15.6 Å². The zero-order valence-electron chi connectivity index (χ0n) is 13.3. The Morgan fingerprint density at radius 3 is 2.72 bits per heavy atom. The molecule has 0 radical (unpaired) electrons. The van der Waals surface area contributed by atoms with Crippen molar-refractivity contribution in [2.75, 3.05) is 5.32 Å². The van der Waals surface area contributed by atoms with Crippen LogP contribution in [0.3, 0.4) is 0 Å². The number of carbonyl (C=O) groups is 1. The Morgan fingerprint density at radius 1 is 1.20 bits per heavy atom. The second-order valence-corrected chi connectivity index (χ2v) is 6.37. The summed E-state index contributed by atoms with van der Waals surface area (Å²) in [6.45, 7) is 1.77.